The second kappa shape index (κ2) is 7.53. The number of carbonyl (C=O) groups excluding carboxylic acids is 1. The van der Waals surface area contributed by atoms with Gasteiger partial charge in [-0.15, -0.1) is 0 Å². The molecule has 1 heterocycles. The highest BCUT2D eigenvalue weighted by atomic mass is 16.3. The summed E-state index contributed by atoms with van der Waals surface area (Å²) in [4.78, 5) is 12.6. The van der Waals surface area contributed by atoms with Crippen LogP contribution in [-0.2, 0) is 12.8 Å². The van der Waals surface area contributed by atoms with E-state index in [0.717, 1.165) is 36.0 Å². The van der Waals surface area contributed by atoms with Gasteiger partial charge in [0.1, 0.15) is 6.10 Å². The van der Waals surface area contributed by atoms with Crippen LogP contribution in [0.25, 0.3) is 11.1 Å². The van der Waals surface area contributed by atoms with E-state index in [2.05, 4.69) is 47.7 Å². The third-order valence-corrected chi connectivity index (χ3v) is 5.71. The lowest BCUT2D eigenvalue weighted by atomic mass is 9.73. The number of aliphatic hydroxyl groups is 1. The molecule has 2 aromatic carbocycles. The maximum atomic E-state index is 12.6. The van der Waals surface area contributed by atoms with Crippen LogP contribution in [0.15, 0.2) is 65.5 Å². The number of ketones is 1. The lowest BCUT2D eigenvalue weighted by Gasteiger charge is -2.32. The molecular formula is C24H24O3. The fraction of sp³-hybridized carbons (Fsp3) is 0.292. The molecule has 0 amide bonds. The fourth-order valence-electron chi connectivity index (χ4n) is 4.35. The summed E-state index contributed by atoms with van der Waals surface area (Å²) in [7, 11) is 0. The Labute approximate surface area is 159 Å². The van der Waals surface area contributed by atoms with Crippen LogP contribution in [0.5, 0.6) is 0 Å². The third kappa shape index (κ3) is 3.24. The molecule has 2 aliphatic carbocycles. The van der Waals surface area contributed by atoms with Gasteiger partial charge in [-0.25, -0.2) is 0 Å². The number of aliphatic hydroxyl groups excluding tert-OH is 1. The van der Waals surface area contributed by atoms with Crippen molar-refractivity contribution < 1.29 is 14.3 Å². The highest BCUT2D eigenvalue weighted by Crippen LogP contribution is 2.42. The third-order valence-electron chi connectivity index (χ3n) is 5.71. The molecule has 2 atom stereocenters. The number of rotatable bonds is 1. The Morgan fingerprint density at radius 2 is 1.78 bits per heavy atom. The minimum atomic E-state index is -0.832. The molecule has 2 unspecified atom stereocenters. The zero-order valence-corrected chi connectivity index (χ0v) is 15.5. The van der Waals surface area contributed by atoms with Crippen molar-refractivity contribution in [3.05, 3.63) is 83.3 Å². The van der Waals surface area contributed by atoms with E-state index in [1.165, 1.54) is 16.7 Å². The molecule has 0 fully saturated rings. The zero-order chi connectivity index (χ0) is 18.8. The molecule has 3 nitrogen and oxygen atoms in total. The molecule has 0 spiro atoms. The predicted octanol–water partition coefficient (Wildman–Crippen LogP) is 5.17. The second-order valence-electron chi connectivity index (χ2n) is 7.23. The minimum absolute atomic E-state index is 0.0732. The average Bonchev–Trinajstić information content (AvgIpc) is 3.30. The molecule has 1 aromatic heterocycles. The van der Waals surface area contributed by atoms with E-state index in [9.17, 15) is 9.90 Å². The van der Waals surface area contributed by atoms with Crippen LogP contribution < -0.4 is 0 Å². The van der Waals surface area contributed by atoms with Gasteiger partial charge < -0.3 is 9.52 Å². The van der Waals surface area contributed by atoms with Crippen LogP contribution >= 0.6 is 0 Å². The van der Waals surface area contributed by atoms with Crippen molar-refractivity contribution >= 4 is 5.78 Å². The largest absolute Gasteiger partial charge is 0.473 e. The Morgan fingerprint density at radius 3 is 2.48 bits per heavy atom. The molecule has 3 aromatic rings. The van der Waals surface area contributed by atoms with Crippen molar-refractivity contribution in [3.8, 4) is 11.1 Å². The van der Waals surface area contributed by atoms with Gasteiger partial charge in [-0.05, 0) is 71.6 Å². The highest BCUT2D eigenvalue weighted by molar-refractivity contribution is 6.05. The second-order valence-corrected chi connectivity index (χ2v) is 7.23. The molecule has 1 N–H and O–H groups in total. The van der Waals surface area contributed by atoms with Gasteiger partial charge in [-0.3, -0.25) is 4.79 Å². The van der Waals surface area contributed by atoms with E-state index < -0.39 is 6.10 Å². The normalized spacial score (nSPS) is 20.0. The molecule has 0 radical (unpaired) electrons. The number of aryl methyl sites for hydroxylation is 1. The van der Waals surface area contributed by atoms with Crippen molar-refractivity contribution in [2.24, 2.45) is 0 Å². The molecule has 0 bridgehead atoms. The summed E-state index contributed by atoms with van der Waals surface area (Å²) in [6.07, 6.45) is 5.82. The average molecular weight is 360 g/mol. The number of carbonyl (C=O) groups is 1. The van der Waals surface area contributed by atoms with Gasteiger partial charge in [0.25, 0.3) is 0 Å². The fourth-order valence-corrected chi connectivity index (χ4v) is 4.35. The number of hydrogen-bond acceptors (Lipinski definition) is 3. The Hall–Kier alpha value is -2.65. The predicted molar refractivity (Wildman–Crippen MR) is 106 cm³/mol. The van der Waals surface area contributed by atoms with Gasteiger partial charge in [0.2, 0.25) is 0 Å². The summed E-state index contributed by atoms with van der Waals surface area (Å²) in [6.45, 7) is 2.13. The Bertz CT molecular complexity index is 923. The van der Waals surface area contributed by atoms with Gasteiger partial charge in [0.15, 0.2) is 5.78 Å². The Kier molecular flexibility index (Phi) is 4.95. The van der Waals surface area contributed by atoms with Gasteiger partial charge >= 0.3 is 0 Å². The first-order chi connectivity index (χ1) is 13.2. The topological polar surface area (TPSA) is 50.4 Å². The number of Topliss-reactive ketones (excluding diaryl/α,β-unsaturated/α-hetero) is 1. The van der Waals surface area contributed by atoms with Crippen molar-refractivity contribution in [1.29, 1.82) is 0 Å². The molecule has 5 rings (SSSR count). The standard InChI is InChI=1S/C20H20O2.C4H4O/c1-2-12-11-18(21)20(22)19-15(12)9-10-16-14-6-4-3-5-13(14)7-8-17(16)19;1-2-4-5-3-1/h3-6,9-10,12,18,21H,2,7-8,11H2,1H3;1-4H. The van der Waals surface area contributed by atoms with E-state index in [1.807, 2.05) is 12.1 Å². The van der Waals surface area contributed by atoms with E-state index >= 15 is 0 Å². The van der Waals surface area contributed by atoms with Crippen LogP contribution in [0.3, 0.4) is 0 Å². The maximum Gasteiger partial charge on any atom is 0.191 e. The quantitative estimate of drug-likeness (QED) is 0.651. The summed E-state index contributed by atoms with van der Waals surface area (Å²) < 4.78 is 4.58. The van der Waals surface area contributed by atoms with Crippen molar-refractivity contribution in [3.63, 3.8) is 0 Å². The monoisotopic (exact) mass is 360 g/mol. The van der Waals surface area contributed by atoms with Crippen molar-refractivity contribution in [2.45, 2.75) is 44.6 Å². The summed E-state index contributed by atoms with van der Waals surface area (Å²) in [5, 5.41) is 10.2. The molecule has 138 valence electrons. The molecule has 0 saturated heterocycles. The summed E-state index contributed by atoms with van der Waals surface area (Å²) >= 11 is 0. The molecular weight excluding hydrogens is 336 g/mol. The van der Waals surface area contributed by atoms with Gasteiger partial charge in [-0.2, -0.15) is 0 Å². The lowest BCUT2D eigenvalue weighted by Crippen LogP contribution is -2.31. The Morgan fingerprint density at radius 1 is 1.00 bits per heavy atom. The first-order valence-corrected chi connectivity index (χ1v) is 9.64. The highest BCUT2D eigenvalue weighted by Gasteiger charge is 2.35. The smallest absolute Gasteiger partial charge is 0.191 e. The maximum absolute atomic E-state index is 12.6. The van der Waals surface area contributed by atoms with Crippen LogP contribution in [0, 0.1) is 0 Å². The molecule has 3 heteroatoms. The van der Waals surface area contributed by atoms with Gasteiger partial charge in [0.05, 0.1) is 12.5 Å². The van der Waals surface area contributed by atoms with Gasteiger partial charge in [-0.1, -0.05) is 43.3 Å². The zero-order valence-electron chi connectivity index (χ0n) is 15.5. The number of furan rings is 1. The van der Waals surface area contributed by atoms with E-state index in [4.69, 9.17) is 0 Å². The first-order valence-electron chi connectivity index (χ1n) is 9.64. The van der Waals surface area contributed by atoms with Crippen LogP contribution in [-0.4, -0.2) is 17.0 Å². The van der Waals surface area contributed by atoms with Crippen LogP contribution in [0.1, 0.15) is 52.7 Å². The first kappa shape index (κ1) is 17.7. The van der Waals surface area contributed by atoms with E-state index in [1.54, 1.807) is 12.5 Å². The number of benzene rings is 2. The lowest BCUT2D eigenvalue weighted by molar-refractivity contribution is 0.0686. The van der Waals surface area contributed by atoms with E-state index in [0.29, 0.717) is 12.3 Å². The van der Waals surface area contributed by atoms with E-state index in [-0.39, 0.29) is 5.78 Å². The summed E-state index contributed by atoms with van der Waals surface area (Å²) in [5.41, 5.74) is 6.89. The SMILES string of the molecule is CCC1CC(O)C(=O)c2c1ccc1c2CCc2ccccc2-1.c1ccoc1. The minimum Gasteiger partial charge on any atom is -0.473 e. The van der Waals surface area contributed by atoms with Crippen LogP contribution in [0.2, 0.25) is 0 Å². The Balaban J connectivity index is 0.000000314. The number of fused-ring (bicyclic) bond motifs is 5. The molecule has 0 aliphatic heterocycles. The van der Waals surface area contributed by atoms with Gasteiger partial charge in [0, 0.05) is 5.56 Å². The van der Waals surface area contributed by atoms with Crippen molar-refractivity contribution in [2.75, 3.05) is 0 Å². The molecule has 0 saturated carbocycles. The summed E-state index contributed by atoms with van der Waals surface area (Å²) in [5.74, 6) is 0.223. The van der Waals surface area contributed by atoms with Crippen LogP contribution in [0.4, 0.5) is 0 Å². The summed E-state index contributed by atoms with van der Waals surface area (Å²) in [6, 6.07) is 16.4. The molecule has 27 heavy (non-hydrogen) atoms. The molecule has 2 aliphatic rings. The number of hydrogen-bond donors (Lipinski definition) is 1. The van der Waals surface area contributed by atoms with Crippen molar-refractivity contribution in [1.82, 2.24) is 0 Å².